The molecule has 2 N–H and O–H groups in total. The van der Waals surface area contributed by atoms with Crippen molar-refractivity contribution in [3.8, 4) is 0 Å². The van der Waals surface area contributed by atoms with Crippen LogP contribution in [0, 0.1) is 13.8 Å². The second-order valence-corrected chi connectivity index (χ2v) is 7.08. The van der Waals surface area contributed by atoms with Crippen LogP contribution in [0.1, 0.15) is 47.3 Å². The minimum atomic E-state index is -0.0333. The molecule has 28 heavy (non-hydrogen) atoms. The number of hydrogen-bond acceptors (Lipinski definition) is 6. The van der Waals surface area contributed by atoms with Crippen LogP contribution in [0.5, 0.6) is 0 Å². The van der Waals surface area contributed by atoms with Gasteiger partial charge in [0.25, 0.3) is 0 Å². The van der Waals surface area contributed by atoms with Gasteiger partial charge in [-0.2, -0.15) is 0 Å². The van der Waals surface area contributed by atoms with Gasteiger partial charge in [-0.25, -0.2) is 15.0 Å². The van der Waals surface area contributed by atoms with Crippen LogP contribution < -0.4 is 10.6 Å². The zero-order valence-corrected chi connectivity index (χ0v) is 15.9. The highest BCUT2D eigenvalue weighted by atomic mass is 16.1. The average Bonchev–Trinajstić information content (AvgIpc) is 2.68. The second kappa shape index (κ2) is 7.72. The van der Waals surface area contributed by atoms with Gasteiger partial charge in [0.1, 0.15) is 17.5 Å². The molecule has 1 aliphatic heterocycles. The van der Waals surface area contributed by atoms with Gasteiger partial charge in [-0.05, 0) is 67.1 Å². The van der Waals surface area contributed by atoms with Crippen molar-refractivity contribution in [3.63, 3.8) is 0 Å². The van der Waals surface area contributed by atoms with Crippen molar-refractivity contribution in [1.29, 1.82) is 0 Å². The van der Waals surface area contributed by atoms with E-state index >= 15 is 0 Å². The number of anilines is 2. The Morgan fingerprint density at radius 2 is 1.93 bits per heavy atom. The lowest BCUT2D eigenvalue weighted by molar-refractivity contribution is -0.123. The summed E-state index contributed by atoms with van der Waals surface area (Å²) in [6, 6.07) is 7.72. The van der Waals surface area contributed by atoms with E-state index in [0.29, 0.717) is 23.9 Å². The molecule has 0 bridgehead atoms. The Morgan fingerprint density at radius 3 is 2.75 bits per heavy atom. The van der Waals surface area contributed by atoms with E-state index in [9.17, 15) is 4.79 Å². The van der Waals surface area contributed by atoms with Gasteiger partial charge in [0.2, 0.25) is 5.91 Å². The third-order valence-electron chi connectivity index (χ3n) is 5.03. The van der Waals surface area contributed by atoms with Gasteiger partial charge >= 0.3 is 0 Å². The van der Waals surface area contributed by atoms with Gasteiger partial charge < -0.3 is 10.6 Å². The Morgan fingerprint density at radius 1 is 1.07 bits per heavy atom. The molecule has 0 radical (unpaired) electrons. The van der Waals surface area contributed by atoms with Gasteiger partial charge in [0.15, 0.2) is 0 Å². The fourth-order valence-corrected chi connectivity index (χ4v) is 3.63. The maximum Gasteiger partial charge on any atom is 0.221 e. The van der Waals surface area contributed by atoms with Crippen LogP contribution in [0.25, 0.3) is 0 Å². The van der Waals surface area contributed by atoms with Crippen molar-refractivity contribution >= 4 is 17.5 Å². The second-order valence-electron chi connectivity index (χ2n) is 7.08. The van der Waals surface area contributed by atoms with Crippen molar-refractivity contribution in [2.45, 2.75) is 38.6 Å². The fourth-order valence-electron chi connectivity index (χ4n) is 3.63. The number of aromatic nitrogens is 4. The SMILES string of the molecule is Cc1nccc(Nc2cc(C3CC(=O)NC(c4cnccc4C)C3)ccn2)n1. The van der Waals surface area contributed by atoms with E-state index in [-0.39, 0.29) is 17.9 Å². The zero-order chi connectivity index (χ0) is 19.5. The molecular formula is C21H22N6O. The van der Waals surface area contributed by atoms with Crippen molar-refractivity contribution in [3.05, 3.63) is 71.6 Å². The summed E-state index contributed by atoms with van der Waals surface area (Å²) in [6.45, 7) is 3.89. The van der Waals surface area contributed by atoms with Crippen LogP contribution in [0.2, 0.25) is 0 Å². The summed E-state index contributed by atoms with van der Waals surface area (Å²) in [4.78, 5) is 29.4. The summed E-state index contributed by atoms with van der Waals surface area (Å²) in [5.41, 5.74) is 3.30. The number of nitrogens with zero attached hydrogens (tertiary/aromatic N) is 4. The van der Waals surface area contributed by atoms with Crippen LogP contribution in [0.4, 0.5) is 11.6 Å². The Hall–Kier alpha value is -3.35. The molecule has 4 heterocycles. The van der Waals surface area contributed by atoms with Gasteiger partial charge in [-0.15, -0.1) is 0 Å². The molecule has 3 aromatic heterocycles. The quantitative estimate of drug-likeness (QED) is 0.727. The largest absolute Gasteiger partial charge is 0.349 e. The minimum Gasteiger partial charge on any atom is -0.349 e. The first-order valence-corrected chi connectivity index (χ1v) is 9.31. The highest BCUT2D eigenvalue weighted by molar-refractivity contribution is 5.78. The third-order valence-corrected chi connectivity index (χ3v) is 5.03. The molecule has 3 aromatic rings. The zero-order valence-electron chi connectivity index (χ0n) is 15.9. The summed E-state index contributed by atoms with van der Waals surface area (Å²) >= 11 is 0. The number of piperidine rings is 1. The topological polar surface area (TPSA) is 92.7 Å². The highest BCUT2D eigenvalue weighted by Crippen LogP contribution is 2.36. The molecule has 7 nitrogen and oxygen atoms in total. The number of amides is 1. The molecule has 2 unspecified atom stereocenters. The number of nitrogens with one attached hydrogen (secondary N) is 2. The molecule has 1 amide bonds. The molecule has 0 aromatic carbocycles. The Kier molecular flexibility index (Phi) is 4.97. The van der Waals surface area contributed by atoms with Gasteiger partial charge in [0, 0.05) is 31.2 Å². The predicted molar refractivity (Wildman–Crippen MR) is 106 cm³/mol. The lowest BCUT2D eigenvalue weighted by atomic mass is 9.83. The Bertz CT molecular complexity index is 1010. The molecular weight excluding hydrogens is 352 g/mol. The predicted octanol–water partition coefficient (Wildman–Crippen LogP) is 3.36. The van der Waals surface area contributed by atoms with Crippen LogP contribution in [0.3, 0.4) is 0 Å². The Balaban J connectivity index is 1.56. The summed E-state index contributed by atoms with van der Waals surface area (Å²) in [7, 11) is 0. The molecule has 1 saturated heterocycles. The number of pyridine rings is 2. The van der Waals surface area contributed by atoms with E-state index in [1.165, 1.54) is 0 Å². The van der Waals surface area contributed by atoms with Crippen LogP contribution in [0.15, 0.2) is 49.1 Å². The molecule has 0 spiro atoms. The summed E-state index contributed by atoms with van der Waals surface area (Å²) in [6.07, 6.45) is 8.39. The third kappa shape index (κ3) is 3.98. The van der Waals surface area contributed by atoms with Crippen molar-refractivity contribution in [1.82, 2.24) is 25.3 Å². The standard InChI is InChI=1S/C21H22N6O/c1-13-3-6-22-12-17(13)18-9-16(11-21(28)26-18)15-4-7-24-20(10-15)27-19-5-8-23-14(2)25-19/h3-8,10,12,16,18H,9,11H2,1-2H3,(H,26,28)(H,23,24,25,27). The van der Waals surface area contributed by atoms with E-state index in [2.05, 4.69) is 30.6 Å². The number of carbonyl (C=O) groups is 1. The van der Waals surface area contributed by atoms with Crippen molar-refractivity contribution in [2.24, 2.45) is 0 Å². The summed E-state index contributed by atoms with van der Waals surface area (Å²) in [5, 5.41) is 6.32. The first kappa shape index (κ1) is 18.0. The van der Waals surface area contributed by atoms with Crippen molar-refractivity contribution in [2.75, 3.05) is 5.32 Å². The maximum absolute atomic E-state index is 12.4. The normalized spacial score (nSPS) is 19.1. The summed E-state index contributed by atoms with van der Waals surface area (Å²) in [5.74, 6) is 2.27. The smallest absolute Gasteiger partial charge is 0.221 e. The lowest BCUT2D eigenvalue weighted by Crippen LogP contribution is -2.36. The Labute approximate surface area is 163 Å². The molecule has 7 heteroatoms. The number of carbonyl (C=O) groups excluding carboxylic acids is 1. The molecule has 0 saturated carbocycles. The summed E-state index contributed by atoms with van der Waals surface area (Å²) < 4.78 is 0. The number of rotatable bonds is 4. The molecule has 2 atom stereocenters. The van der Waals surface area contributed by atoms with Crippen LogP contribution >= 0.6 is 0 Å². The van der Waals surface area contributed by atoms with Gasteiger partial charge in [-0.3, -0.25) is 9.78 Å². The monoisotopic (exact) mass is 374 g/mol. The highest BCUT2D eigenvalue weighted by Gasteiger charge is 2.29. The fraction of sp³-hybridized carbons (Fsp3) is 0.286. The van der Waals surface area contributed by atoms with E-state index in [0.717, 1.165) is 23.1 Å². The molecule has 0 aliphatic carbocycles. The minimum absolute atomic E-state index is 0.0333. The van der Waals surface area contributed by atoms with E-state index in [1.807, 2.05) is 38.2 Å². The first-order valence-electron chi connectivity index (χ1n) is 9.31. The van der Waals surface area contributed by atoms with E-state index in [1.54, 1.807) is 24.7 Å². The van der Waals surface area contributed by atoms with E-state index < -0.39 is 0 Å². The van der Waals surface area contributed by atoms with Crippen LogP contribution in [-0.4, -0.2) is 25.8 Å². The number of aryl methyl sites for hydroxylation is 2. The molecule has 1 fully saturated rings. The molecule has 142 valence electrons. The van der Waals surface area contributed by atoms with E-state index in [4.69, 9.17) is 0 Å². The number of hydrogen-bond donors (Lipinski definition) is 2. The van der Waals surface area contributed by atoms with Crippen molar-refractivity contribution < 1.29 is 4.79 Å². The average molecular weight is 374 g/mol. The van der Waals surface area contributed by atoms with Gasteiger partial charge in [-0.1, -0.05) is 0 Å². The van der Waals surface area contributed by atoms with Crippen LogP contribution in [-0.2, 0) is 4.79 Å². The lowest BCUT2D eigenvalue weighted by Gasteiger charge is -2.31. The molecule has 4 rings (SSSR count). The maximum atomic E-state index is 12.4. The molecule has 1 aliphatic rings. The van der Waals surface area contributed by atoms with Gasteiger partial charge in [0.05, 0.1) is 6.04 Å². The first-order chi connectivity index (χ1) is 13.6.